The SMILES string of the molecule is O=C1C[C@H]2[C@@H](CSc3ccccc3)C=C[C@H]2O1. The summed E-state index contributed by atoms with van der Waals surface area (Å²) in [6, 6.07) is 10.4. The summed E-state index contributed by atoms with van der Waals surface area (Å²) in [5, 5.41) is 0. The maximum absolute atomic E-state index is 11.2. The van der Waals surface area contributed by atoms with Crippen molar-refractivity contribution in [2.24, 2.45) is 11.8 Å². The Morgan fingerprint density at radius 1 is 1.24 bits per heavy atom. The van der Waals surface area contributed by atoms with E-state index in [4.69, 9.17) is 4.74 Å². The van der Waals surface area contributed by atoms with Crippen molar-refractivity contribution in [1.82, 2.24) is 0 Å². The first-order chi connectivity index (χ1) is 8.33. The summed E-state index contributed by atoms with van der Waals surface area (Å²) in [5.74, 6) is 1.83. The van der Waals surface area contributed by atoms with Gasteiger partial charge in [0.25, 0.3) is 0 Å². The Morgan fingerprint density at radius 2 is 2.06 bits per heavy atom. The topological polar surface area (TPSA) is 26.3 Å². The van der Waals surface area contributed by atoms with Crippen molar-refractivity contribution in [3.63, 3.8) is 0 Å². The molecule has 2 nitrogen and oxygen atoms in total. The highest BCUT2D eigenvalue weighted by atomic mass is 32.2. The lowest BCUT2D eigenvalue weighted by Gasteiger charge is -2.15. The fourth-order valence-corrected chi connectivity index (χ4v) is 3.55. The van der Waals surface area contributed by atoms with E-state index in [0.29, 0.717) is 18.3 Å². The number of carbonyl (C=O) groups excluding carboxylic acids is 1. The smallest absolute Gasteiger partial charge is 0.306 e. The van der Waals surface area contributed by atoms with Gasteiger partial charge < -0.3 is 4.74 Å². The number of hydrogen-bond acceptors (Lipinski definition) is 3. The van der Waals surface area contributed by atoms with Crippen molar-refractivity contribution < 1.29 is 9.53 Å². The summed E-state index contributed by atoms with van der Waals surface area (Å²) in [6.07, 6.45) is 4.88. The zero-order valence-electron chi connectivity index (χ0n) is 9.41. The Hall–Kier alpha value is -1.22. The molecular weight excluding hydrogens is 232 g/mol. The number of hydrogen-bond donors (Lipinski definition) is 0. The second-order valence-electron chi connectivity index (χ2n) is 4.50. The fraction of sp³-hybridized carbons (Fsp3) is 0.357. The van der Waals surface area contributed by atoms with Crippen LogP contribution in [0.25, 0.3) is 0 Å². The minimum atomic E-state index is -0.0425. The van der Waals surface area contributed by atoms with E-state index in [-0.39, 0.29) is 12.1 Å². The lowest BCUT2D eigenvalue weighted by atomic mass is 9.94. The summed E-state index contributed by atoms with van der Waals surface area (Å²) in [6.45, 7) is 0. The molecule has 1 aromatic carbocycles. The molecule has 88 valence electrons. The second-order valence-corrected chi connectivity index (χ2v) is 5.59. The van der Waals surface area contributed by atoms with E-state index < -0.39 is 0 Å². The van der Waals surface area contributed by atoms with Gasteiger partial charge in [-0.3, -0.25) is 4.79 Å². The fourth-order valence-electron chi connectivity index (χ4n) is 2.46. The zero-order chi connectivity index (χ0) is 11.7. The average molecular weight is 246 g/mol. The Kier molecular flexibility index (Phi) is 2.93. The highest BCUT2D eigenvalue weighted by molar-refractivity contribution is 7.99. The van der Waals surface area contributed by atoms with Gasteiger partial charge in [-0.05, 0) is 24.1 Å². The van der Waals surface area contributed by atoms with Crippen molar-refractivity contribution >= 4 is 17.7 Å². The number of fused-ring (bicyclic) bond motifs is 1. The van der Waals surface area contributed by atoms with Crippen LogP contribution < -0.4 is 0 Å². The van der Waals surface area contributed by atoms with Gasteiger partial charge in [0.05, 0.1) is 6.42 Å². The molecule has 0 amide bonds. The third-order valence-corrected chi connectivity index (χ3v) is 4.53. The molecule has 2 aliphatic rings. The van der Waals surface area contributed by atoms with Crippen molar-refractivity contribution in [1.29, 1.82) is 0 Å². The predicted molar refractivity (Wildman–Crippen MR) is 67.8 cm³/mol. The molecule has 0 saturated carbocycles. The average Bonchev–Trinajstić information content (AvgIpc) is 2.87. The van der Waals surface area contributed by atoms with Crippen LogP contribution in [-0.2, 0) is 9.53 Å². The summed E-state index contributed by atoms with van der Waals surface area (Å²) in [4.78, 5) is 12.5. The number of ether oxygens (including phenoxy) is 1. The number of rotatable bonds is 3. The lowest BCUT2D eigenvalue weighted by Crippen LogP contribution is -2.16. The Labute approximate surface area is 105 Å². The normalized spacial score (nSPS) is 30.4. The number of carbonyl (C=O) groups is 1. The Balaban J connectivity index is 1.60. The minimum absolute atomic E-state index is 0.0425. The molecule has 1 fully saturated rings. The van der Waals surface area contributed by atoms with E-state index >= 15 is 0 Å². The van der Waals surface area contributed by atoms with Crippen LogP contribution in [0.4, 0.5) is 0 Å². The van der Waals surface area contributed by atoms with Crippen LogP contribution in [0.1, 0.15) is 6.42 Å². The molecule has 0 spiro atoms. The van der Waals surface area contributed by atoms with E-state index in [2.05, 4.69) is 30.3 Å². The van der Waals surface area contributed by atoms with Gasteiger partial charge in [-0.25, -0.2) is 0 Å². The molecule has 1 saturated heterocycles. The Bertz CT molecular complexity index is 441. The minimum Gasteiger partial charge on any atom is -0.458 e. The van der Waals surface area contributed by atoms with Crippen LogP contribution in [0, 0.1) is 11.8 Å². The van der Waals surface area contributed by atoms with E-state index in [1.54, 1.807) is 0 Å². The molecule has 0 unspecified atom stereocenters. The van der Waals surface area contributed by atoms with Crippen molar-refractivity contribution in [3.05, 3.63) is 42.5 Å². The third-order valence-electron chi connectivity index (χ3n) is 3.38. The van der Waals surface area contributed by atoms with Gasteiger partial charge in [-0.15, -0.1) is 11.8 Å². The number of allylic oxidation sites excluding steroid dienone is 1. The summed E-state index contributed by atoms with van der Waals surface area (Å²) >= 11 is 1.85. The molecular formula is C14H14O2S. The highest BCUT2D eigenvalue weighted by Crippen LogP contribution is 2.38. The molecule has 17 heavy (non-hydrogen) atoms. The maximum atomic E-state index is 11.2. The van der Waals surface area contributed by atoms with E-state index in [1.165, 1.54) is 4.90 Å². The quantitative estimate of drug-likeness (QED) is 0.466. The van der Waals surface area contributed by atoms with Crippen LogP contribution in [-0.4, -0.2) is 17.8 Å². The van der Waals surface area contributed by atoms with Crippen LogP contribution in [0.5, 0.6) is 0 Å². The first-order valence-electron chi connectivity index (χ1n) is 5.88. The number of esters is 1. The number of thioether (sulfide) groups is 1. The highest BCUT2D eigenvalue weighted by Gasteiger charge is 2.41. The predicted octanol–water partition coefficient (Wildman–Crippen LogP) is 2.90. The van der Waals surface area contributed by atoms with Gasteiger partial charge in [0, 0.05) is 16.6 Å². The lowest BCUT2D eigenvalue weighted by molar-refractivity contribution is -0.140. The second kappa shape index (κ2) is 4.57. The van der Waals surface area contributed by atoms with E-state index in [9.17, 15) is 4.79 Å². The van der Waals surface area contributed by atoms with Crippen LogP contribution >= 0.6 is 11.8 Å². The molecule has 0 bridgehead atoms. The number of benzene rings is 1. The van der Waals surface area contributed by atoms with Crippen LogP contribution in [0.3, 0.4) is 0 Å². The largest absolute Gasteiger partial charge is 0.458 e. The van der Waals surface area contributed by atoms with Crippen molar-refractivity contribution in [2.75, 3.05) is 5.75 Å². The molecule has 3 heteroatoms. The van der Waals surface area contributed by atoms with Gasteiger partial charge >= 0.3 is 5.97 Å². The third kappa shape index (κ3) is 2.25. The summed E-state index contributed by atoms with van der Waals surface area (Å²) in [5.41, 5.74) is 0. The van der Waals surface area contributed by atoms with Gasteiger partial charge in [-0.1, -0.05) is 24.3 Å². The van der Waals surface area contributed by atoms with Gasteiger partial charge in [0.15, 0.2) is 0 Å². The summed E-state index contributed by atoms with van der Waals surface area (Å²) in [7, 11) is 0. The molecule has 1 heterocycles. The first kappa shape index (κ1) is 10.9. The summed E-state index contributed by atoms with van der Waals surface area (Å²) < 4.78 is 5.23. The van der Waals surface area contributed by atoms with E-state index in [0.717, 1.165) is 5.75 Å². The van der Waals surface area contributed by atoms with Gasteiger partial charge in [-0.2, -0.15) is 0 Å². The van der Waals surface area contributed by atoms with E-state index in [1.807, 2.05) is 23.9 Å². The molecule has 0 aromatic heterocycles. The van der Waals surface area contributed by atoms with Crippen molar-refractivity contribution in [3.8, 4) is 0 Å². The maximum Gasteiger partial charge on any atom is 0.306 e. The van der Waals surface area contributed by atoms with Gasteiger partial charge in [0.1, 0.15) is 6.10 Å². The molecule has 0 N–H and O–H groups in total. The van der Waals surface area contributed by atoms with Crippen molar-refractivity contribution in [2.45, 2.75) is 17.4 Å². The molecule has 0 radical (unpaired) electrons. The standard InChI is InChI=1S/C14H14O2S/c15-14-8-12-10(6-7-13(12)16-14)9-17-11-4-2-1-3-5-11/h1-7,10,12-13H,8-9H2/t10-,12+,13-/m1/s1. The molecule has 1 aromatic rings. The van der Waals surface area contributed by atoms with Gasteiger partial charge in [0.2, 0.25) is 0 Å². The zero-order valence-corrected chi connectivity index (χ0v) is 10.2. The van der Waals surface area contributed by atoms with Crippen LogP contribution in [0.15, 0.2) is 47.4 Å². The molecule has 3 atom stereocenters. The molecule has 1 aliphatic carbocycles. The molecule has 1 aliphatic heterocycles. The Morgan fingerprint density at radius 3 is 2.88 bits per heavy atom. The first-order valence-corrected chi connectivity index (χ1v) is 6.87. The monoisotopic (exact) mass is 246 g/mol. The van der Waals surface area contributed by atoms with Crippen LogP contribution in [0.2, 0.25) is 0 Å². The molecule has 3 rings (SSSR count).